The number of benzene rings is 1. The second-order valence-electron chi connectivity index (χ2n) is 6.32. The Morgan fingerprint density at radius 1 is 0.964 bits per heavy atom. The van der Waals surface area contributed by atoms with Crippen LogP contribution in [0, 0.1) is 0 Å². The number of hydrogen-bond donors (Lipinski definition) is 4. The van der Waals surface area contributed by atoms with Crippen LogP contribution in [-0.4, -0.2) is 65.0 Å². The van der Waals surface area contributed by atoms with Crippen molar-refractivity contribution in [2.24, 2.45) is 5.73 Å². The number of carbonyl (C=O) groups excluding carboxylic acids is 2. The van der Waals surface area contributed by atoms with E-state index < -0.39 is 35.9 Å². The van der Waals surface area contributed by atoms with Crippen LogP contribution in [0.5, 0.6) is 0 Å². The molecule has 0 fully saturated rings. The van der Waals surface area contributed by atoms with Crippen LogP contribution < -0.4 is 16.4 Å². The molecule has 1 aromatic rings. The van der Waals surface area contributed by atoms with E-state index in [9.17, 15) is 19.5 Å². The summed E-state index contributed by atoms with van der Waals surface area (Å²) < 4.78 is 0. The van der Waals surface area contributed by atoms with Gasteiger partial charge in [0, 0.05) is 0 Å². The Hall–Kier alpha value is -1.71. The Morgan fingerprint density at radius 2 is 1.50 bits per heavy atom. The summed E-state index contributed by atoms with van der Waals surface area (Å²) >= 11 is 3.05. The molecule has 0 spiro atoms. The third-order valence-corrected chi connectivity index (χ3v) is 5.39. The van der Waals surface area contributed by atoms with Crippen LogP contribution in [0.15, 0.2) is 30.3 Å². The van der Waals surface area contributed by atoms with Crippen LogP contribution in [0.1, 0.15) is 18.4 Å². The highest BCUT2D eigenvalue weighted by atomic mass is 32.2. The molecule has 9 heteroatoms. The summed E-state index contributed by atoms with van der Waals surface area (Å²) in [6.07, 6.45) is 4.84. The van der Waals surface area contributed by atoms with Gasteiger partial charge in [0.05, 0.1) is 6.04 Å². The first-order chi connectivity index (χ1) is 13.4. The van der Waals surface area contributed by atoms with E-state index in [-0.39, 0.29) is 0 Å². The molecule has 0 heterocycles. The van der Waals surface area contributed by atoms with Gasteiger partial charge in [-0.2, -0.15) is 23.5 Å². The molecule has 0 bridgehead atoms. The Morgan fingerprint density at radius 3 is 2.04 bits per heavy atom. The zero-order valence-electron chi connectivity index (χ0n) is 16.2. The van der Waals surface area contributed by atoms with E-state index in [4.69, 9.17) is 5.73 Å². The lowest BCUT2D eigenvalue weighted by molar-refractivity contribution is -0.142. The summed E-state index contributed by atoms with van der Waals surface area (Å²) in [5, 5.41) is 14.5. The fourth-order valence-corrected chi connectivity index (χ4v) is 3.45. The fraction of sp³-hybridized carbons (Fsp3) is 0.526. The molecule has 5 N–H and O–H groups in total. The lowest BCUT2D eigenvalue weighted by atomic mass is 10.1. The topological polar surface area (TPSA) is 122 Å². The molecule has 1 rings (SSSR count). The molecule has 0 aliphatic rings. The molecule has 156 valence electrons. The summed E-state index contributed by atoms with van der Waals surface area (Å²) in [7, 11) is 0. The number of carboxylic acids is 1. The Labute approximate surface area is 174 Å². The molecule has 3 atom stereocenters. The number of carbonyl (C=O) groups is 3. The van der Waals surface area contributed by atoms with Gasteiger partial charge in [-0.05, 0) is 48.8 Å². The monoisotopic (exact) mass is 427 g/mol. The molecule has 0 saturated carbocycles. The fourth-order valence-electron chi connectivity index (χ4n) is 2.51. The minimum Gasteiger partial charge on any atom is -0.480 e. The largest absolute Gasteiger partial charge is 0.480 e. The molecule has 0 saturated heterocycles. The lowest BCUT2D eigenvalue weighted by Gasteiger charge is -2.22. The summed E-state index contributed by atoms with van der Waals surface area (Å²) in [4.78, 5) is 36.4. The SMILES string of the molecule is CSCCC(NC(=O)C(CCSC)NC(=O)C(N)Cc1ccccc1)C(=O)O. The molecule has 28 heavy (non-hydrogen) atoms. The standard InChI is InChI=1S/C19H29N3O4S2/c1-27-10-8-15(18(24)22-16(19(25)26)9-11-28-2)21-17(23)14(20)12-13-6-4-3-5-7-13/h3-7,14-16H,8-12,20H2,1-2H3,(H,21,23)(H,22,24)(H,25,26). The second-order valence-corrected chi connectivity index (χ2v) is 8.29. The van der Waals surface area contributed by atoms with Gasteiger partial charge in [-0.1, -0.05) is 30.3 Å². The van der Waals surface area contributed by atoms with Crippen molar-refractivity contribution in [1.82, 2.24) is 10.6 Å². The number of carboxylic acid groups (broad SMARTS) is 1. The van der Waals surface area contributed by atoms with Crippen molar-refractivity contribution in [3.63, 3.8) is 0 Å². The second kappa shape index (κ2) is 13.5. The molecule has 0 aliphatic heterocycles. The Kier molecular flexibility index (Phi) is 11.7. The van der Waals surface area contributed by atoms with Crippen molar-refractivity contribution in [2.75, 3.05) is 24.0 Å². The van der Waals surface area contributed by atoms with Crippen molar-refractivity contribution in [1.29, 1.82) is 0 Å². The number of aliphatic carboxylic acids is 1. The summed E-state index contributed by atoms with van der Waals surface area (Å²) in [5.74, 6) is -0.752. The maximum atomic E-state index is 12.6. The van der Waals surface area contributed by atoms with Crippen LogP contribution in [0.25, 0.3) is 0 Å². The minimum absolute atomic E-state index is 0.318. The first kappa shape index (κ1) is 24.3. The van der Waals surface area contributed by atoms with E-state index in [2.05, 4.69) is 10.6 Å². The number of nitrogens with two attached hydrogens (primary N) is 1. The number of hydrogen-bond acceptors (Lipinski definition) is 6. The highest BCUT2D eigenvalue weighted by molar-refractivity contribution is 7.98. The van der Waals surface area contributed by atoms with Crippen LogP contribution >= 0.6 is 23.5 Å². The minimum atomic E-state index is -1.09. The van der Waals surface area contributed by atoms with E-state index in [1.54, 1.807) is 11.8 Å². The van der Waals surface area contributed by atoms with Crippen LogP contribution in [0.2, 0.25) is 0 Å². The summed E-state index contributed by atoms with van der Waals surface area (Å²) in [6.45, 7) is 0. The van der Waals surface area contributed by atoms with Crippen molar-refractivity contribution in [3.05, 3.63) is 35.9 Å². The average molecular weight is 428 g/mol. The van der Waals surface area contributed by atoms with E-state index >= 15 is 0 Å². The van der Waals surface area contributed by atoms with E-state index in [1.807, 2.05) is 42.8 Å². The third-order valence-electron chi connectivity index (χ3n) is 4.10. The van der Waals surface area contributed by atoms with Crippen LogP contribution in [0.4, 0.5) is 0 Å². The zero-order valence-corrected chi connectivity index (χ0v) is 17.9. The summed E-state index contributed by atoms with van der Waals surface area (Å²) in [6, 6.07) is 6.80. The van der Waals surface area contributed by atoms with Crippen molar-refractivity contribution in [3.8, 4) is 0 Å². The molecular weight excluding hydrogens is 398 g/mol. The number of amides is 2. The average Bonchev–Trinajstić information content (AvgIpc) is 2.68. The van der Waals surface area contributed by atoms with Gasteiger partial charge < -0.3 is 21.5 Å². The number of nitrogens with one attached hydrogen (secondary N) is 2. The number of thioether (sulfide) groups is 2. The van der Waals surface area contributed by atoms with Gasteiger partial charge in [-0.3, -0.25) is 9.59 Å². The maximum Gasteiger partial charge on any atom is 0.326 e. The predicted octanol–water partition coefficient (Wildman–Crippen LogP) is 1.12. The summed E-state index contributed by atoms with van der Waals surface area (Å²) in [5.41, 5.74) is 6.92. The van der Waals surface area contributed by atoms with Crippen LogP contribution in [0.3, 0.4) is 0 Å². The third kappa shape index (κ3) is 8.99. The zero-order chi connectivity index (χ0) is 20.9. The molecule has 0 radical (unpaired) electrons. The van der Waals surface area contributed by atoms with Gasteiger partial charge in [0.25, 0.3) is 0 Å². The van der Waals surface area contributed by atoms with Gasteiger partial charge in [0.1, 0.15) is 12.1 Å². The molecule has 1 aromatic carbocycles. The quantitative estimate of drug-likeness (QED) is 0.372. The molecule has 3 unspecified atom stereocenters. The van der Waals surface area contributed by atoms with Crippen molar-refractivity contribution < 1.29 is 19.5 Å². The van der Waals surface area contributed by atoms with Gasteiger partial charge in [0.2, 0.25) is 11.8 Å². The molecule has 7 nitrogen and oxygen atoms in total. The van der Waals surface area contributed by atoms with Gasteiger partial charge in [0.15, 0.2) is 0 Å². The maximum absolute atomic E-state index is 12.6. The Bertz CT molecular complexity index is 631. The molecule has 0 aliphatic carbocycles. The first-order valence-corrected chi connectivity index (χ1v) is 11.8. The molecule has 0 aromatic heterocycles. The van der Waals surface area contributed by atoms with Crippen molar-refractivity contribution >= 4 is 41.3 Å². The first-order valence-electron chi connectivity index (χ1n) is 9.00. The van der Waals surface area contributed by atoms with Gasteiger partial charge in [-0.15, -0.1) is 0 Å². The lowest BCUT2D eigenvalue weighted by Crippen LogP contribution is -2.55. The van der Waals surface area contributed by atoms with E-state index in [0.29, 0.717) is 30.8 Å². The van der Waals surface area contributed by atoms with Gasteiger partial charge >= 0.3 is 5.97 Å². The van der Waals surface area contributed by atoms with E-state index in [1.165, 1.54) is 11.8 Å². The molecular formula is C19H29N3O4S2. The Balaban J connectivity index is 2.72. The normalized spacial score (nSPS) is 14.0. The highest BCUT2D eigenvalue weighted by Crippen LogP contribution is 2.06. The smallest absolute Gasteiger partial charge is 0.326 e. The number of rotatable bonds is 13. The molecule has 2 amide bonds. The van der Waals surface area contributed by atoms with E-state index in [0.717, 1.165) is 5.56 Å². The predicted molar refractivity (Wildman–Crippen MR) is 116 cm³/mol. The van der Waals surface area contributed by atoms with Gasteiger partial charge in [-0.25, -0.2) is 4.79 Å². The highest BCUT2D eigenvalue weighted by Gasteiger charge is 2.27. The van der Waals surface area contributed by atoms with Crippen molar-refractivity contribution in [2.45, 2.75) is 37.4 Å². The van der Waals surface area contributed by atoms with Crippen LogP contribution in [-0.2, 0) is 20.8 Å².